The van der Waals surface area contributed by atoms with Gasteiger partial charge in [-0.05, 0) is 38.2 Å². The normalized spacial score (nSPS) is 17.2. The lowest BCUT2D eigenvalue weighted by Gasteiger charge is -2.16. The van der Waals surface area contributed by atoms with Crippen LogP contribution >= 0.6 is 0 Å². The first-order valence-corrected chi connectivity index (χ1v) is 7.26. The molecule has 1 aliphatic carbocycles. The van der Waals surface area contributed by atoms with Gasteiger partial charge in [-0.3, -0.25) is 0 Å². The van der Waals surface area contributed by atoms with E-state index in [1.165, 1.54) is 38.5 Å². The fourth-order valence-electron chi connectivity index (χ4n) is 2.36. The molecular formula is C15H24N2O. The SMILES string of the molecule is CCCNc1cccc(OC2CCCCCC2)n1. The van der Waals surface area contributed by atoms with Crippen LogP contribution in [0.25, 0.3) is 0 Å². The van der Waals surface area contributed by atoms with E-state index in [4.69, 9.17) is 4.74 Å². The molecule has 3 heteroatoms. The zero-order chi connectivity index (χ0) is 12.6. The van der Waals surface area contributed by atoms with E-state index in [1.807, 2.05) is 18.2 Å². The first-order chi connectivity index (χ1) is 8.88. The van der Waals surface area contributed by atoms with Crippen molar-refractivity contribution >= 4 is 5.82 Å². The van der Waals surface area contributed by atoms with Gasteiger partial charge >= 0.3 is 0 Å². The lowest BCUT2D eigenvalue weighted by atomic mass is 10.1. The van der Waals surface area contributed by atoms with Crippen molar-refractivity contribution in [2.75, 3.05) is 11.9 Å². The van der Waals surface area contributed by atoms with E-state index in [-0.39, 0.29) is 0 Å². The number of ether oxygens (including phenoxy) is 1. The van der Waals surface area contributed by atoms with Crippen LogP contribution in [0.2, 0.25) is 0 Å². The van der Waals surface area contributed by atoms with Crippen molar-refractivity contribution < 1.29 is 4.74 Å². The van der Waals surface area contributed by atoms with E-state index in [0.29, 0.717) is 6.10 Å². The van der Waals surface area contributed by atoms with Crippen LogP contribution in [0.15, 0.2) is 18.2 Å². The topological polar surface area (TPSA) is 34.1 Å². The van der Waals surface area contributed by atoms with E-state index in [0.717, 1.165) is 24.7 Å². The third-order valence-corrected chi connectivity index (χ3v) is 3.37. The number of hydrogen-bond donors (Lipinski definition) is 1. The Kier molecular flexibility index (Phi) is 5.31. The fraction of sp³-hybridized carbons (Fsp3) is 0.667. The van der Waals surface area contributed by atoms with E-state index in [1.54, 1.807) is 0 Å². The van der Waals surface area contributed by atoms with Crippen LogP contribution in [0.3, 0.4) is 0 Å². The molecule has 0 saturated heterocycles. The Balaban J connectivity index is 1.91. The summed E-state index contributed by atoms with van der Waals surface area (Å²) in [7, 11) is 0. The molecule has 1 N–H and O–H groups in total. The number of rotatable bonds is 5. The van der Waals surface area contributed by atoms with Crippen molar-refractivity contribution in [3.8, 4) is 5.88 Å². The highest BCUT2D eigenvalue weighted by molar-refractivity contribution is 5.36. The van der Waals surface area contributed by atoms with E-state index < -0.39 is 0 Å². The molecular weight excluding hydrogens is 224 g/mol. The Morgan fingerprint density at radius 2 is 2.00 bits per heavy atom. The third kappa shape index (κ3) is 4.21. The summed E-state index contributed by atoms with van der Waals surface area (Å²) in [6.07, 6.45) is 9.10. The first-order valence-electron chi connectivity index (χ1n) is 7.26. The predicted octanol–water partition coefficient (Wildman–Crippen LogP) is 4.01. The molecule has 2 rings (SSSR count). The Bertz CT molecular complexity index is 346. The highest BCUT2D eigenvalue weighted by atomic mass is 16.5. The van der Waals surface area contributed by atoms with Gasteiger partial charge in [0.15, 0.2) is 0 Å². The van der Waals surface area contributed by atoms with Crippen LogP contribution in [0.1, 0.15) is 51.9 Å². The molecule has 1 aromatic rings. The minimum absolute atomic E-state index is 0.362. The van der Waals surface area contributed by atoms with Crippen LogP contribution in [0, 0.1) is 0 Å². The van der Waals surface area contributed by atoms with E-state index in [2.05, 4.69) is 17.2 Å². The van der Waals surface area contributed by atoms with Gasteiger partial charge in [0.1, 0.15) is 11.9 Å². The van der Waals surface area contributed by atoms with Gasteiger partial charge in [-0.25, -0.2) is 0 Å². The second-order valence-corrected chi connectivity index (χ2v) is 5.02. The molecule has 3 nitrogen and oxygen atoms in total. The summed E-state index contributed by atoms with van der Waals surface area (Å²) in [5, 5.41) is 3.29. The van der Waals surface area contributed by atoms with Gasteiger partial charge < -0.3 is 10.1 Å². The number of pyridine rings is 1. The predicted molar refractivity (Wildman–Crippen MR) is 75.1 cm³/mol. The average molecular weight is 248 g/mol. The highest BCUT2D eigenvalue weighted by Gasteiger charge is 2.14. The summed E-state index contributed by atoms with van der Waals surface area (Å²) in [5.74, 6) is 1.69. The zero-order valence-corrected chi connectivity index (χ0v) is 11.3. The summed E-state index contributed by atoms with van der Waals surface area (Å²) >= 11 is 0. The number of hydrogen-bond acceptors (Lipinski definition) is 3. The summed E-state index contributed by atoms with van der Waals surface area (Å²) in [6.45, 7) is 3.11. The molecule has 0 amide bonds. The van der Waals surface area contributed by atoms with Crippen molar-refractivity contribution in [2.45, 2.75) is 58.0 Å². The molecule has 1 aliphatic rings. The number of aromatic nitrogens is 1. The summed E-state index contributed by atoms with van der Waals surface area (Å²) in [4.78, 5) is 4.50. The second kappa shape index (κ2) is 7.24. The molecule has 0 atom stereocenters. The van der Waals surface area contributed by atoms with Crippen molar-refractivity contribution in [1.82, 2.24) is 4.98 Å². The molecule has 100 valence electrons. The van der Waals surface area contributed by atoms with Gasteiger partial charge in [0.05, 0.1) is 0 Å². The maximum absolute atomic E-state index is 6.00. The summed E-state index contributed by atoms with van der Waals surface area (Å²) in [6, 6.07) is 5.97. The Labute approximate surface area is 110 Å². The number of nitrogens with one attached hydrogen (secondary N) is 1. The van der Waals surface area contributed by atoms with Gasteiger partial charge in [-0.15, -0.1) is 0 Å². The fourth-order valence-corrected chi connectivity index (χ4v) is 2.36. The maximum atomic E-state index is 6.00. The molecule has 1 fully saturated rings. The van der Waals surface area contributed by atoms with Crippen LogP contribution in [-0.4, -0.2) is 17.6 Å². The van der Waals surface area contributed by atoms with E-state index >= 15 is 0 Å². The molecule has 0 bridgehead atoms. The quantitative estimate of drug-likeness (QED) is 0.800. The smallest absolute Gasteiger partial charge is 0.215 e. The Morgan fingerprint density at radius 3 is 2.72 bits per heavy atom. The van der Waals surface area contributed by atoms with Crippen LogP contribution < -0.4 is 10.1 Å². The highest BCUT2D eigenvalue weighted by Crippen LogP contribution is 2.22. The summed E-state index contributed by atoms with van der Waals surface area (Å²) < 4.78 is 6.00. The zero-order valence-electron chi connectivity index (χ0n) is 11.3. The largest absolute Gasteiger partial charge is 0.474 e. The lowest BCUT2D eigenvalue weighted by Crippen LogP contribution is -2.16. The lowest BCUT2D eigenvalue weighted by molar-refractivity contribution is 0.176. The molecule has 0 radical (unpaired) electrons. The maximum Gasteiger partial charge on any atom is 0.215 e. The second-order valence-electron chi connectivity index (χ2n) is 5.02. The Morgan fingerprint density at radius 1 is 1.22 bits per heavy atom. The van der Waals surface area contributed by atoms with Crippen LogP contribution in [-0.2, 0) is 0 Å². The minimum Gasteiger partial charge on any atom is -0.474 e. The molecule has 0 unspecified atom stereocenters. The monoisotopic (exact) mass is 248 g/mol. The average Bonchev–Trinajstić information content (AvgIpc) is 2.65. The van der Waals surface area contributed by atoms with Gasteiger partial charge in [0.2, 0.25) is 5.88 Å². The van der Waals surface area contributed by atoms with E-state index in [9.17, 15) is 0 Å². The number of anilines is 1. The molecule has 1 heterocycles. The summed E-state index contributed by atoms with van der Waals surface area (Å²) in [5.41, 5.74) is 0. The van der Waals surface area contributed by atoms with Gasteiger partial charge in [0, 0.05) is 12.6 Å². The molecule has 0 spiro atoms. The molecule has 0 aromatic carbocycles. The van der Waals surface area contributed by atoms with Crippen molar-refractivity contribution in [2.24, 2.45) is 0 Å². The standard InChI is InChI=1S/C15H24N2O/c1-2-12-16-14-10-7-11-15(17-14)18-13-8-5-3-4-6-9-13/h7,10-11,13H,2-6,8-9,12H2,1H3,(H,16,17). The number of nitrogens with zero attached hydrogens (tertiary/aromatic N) is 1. The van der Waals surface area contributed by atoms with Crippen molar-refractivity contribution in [3.05, 3.63) is 18.2 Å². The van der Waals surface area contributed by atoms with Gasteiger partial charge in [-0.1, -0.05) is 25.8 Å². The molecule has 1 aromatic heterocycles. The molecule has 0 aliphatic heterocycles. The van der Waals surface area contributed by atoms with Crippen LogP contribution in [0.4, 0.5) is 5.82 Å². The van der Waals surface area contributed by atoms with Crippen LogP contribution in [0.5, 0.6) is 5.88 Å². The minimum atomic E-state index is 0.362. The third-order valence-electron chi connectivity index (χ3n) is 3.37. The Hall–Kier alpha value is -1.25. The van der Waals surface area contributed by atoms with Crippen molar-refractivity contribution in [3.63, 3.8) is 0 Å². The first kappa shape index (κ1) is 13.2. The van der Waals surface area contributed by atoms with Gasteiger partial charge in [-0.2, -0.15) is 4.98 Å². The molecule has 1 saturated carbocycles. The molecule has 18 heavy (non-hydrogen) atoms. The van der Waals surface area contributed by atoms with Crippen molar-refractivity contribution in [1.29, 1.82) is 0 Å². The van der Waals surface area contributed by atoms with Gasteiger partial charge in [0.25, 0.3) is 0 Å².